The van der Waals surface area contributed by atoms with E-state index in [9.17, 15) is 0 Å². The summed E-state index contributed by atoms with van der Waals surface area (Å²) in [6.07, 6.45) is 0. The zero-order chi connectivity index (χ0) is 52.5. The first kappa shape index (κ1) is 46.7. The molecule has 0 bridgehead atoms. The second kappa shape index (κ2) is 20.4. The van der Waals surface area contributed by atoms with E-state index in [1.54, 1.807) is 0 Å². The number of nitrogens with zero attached hydrogens (tertiary/aromatic N) is 7. The summed E-state index contributed by atoms with van der Waals surface area (Å²) in [7, 11) is 0. The van der Waals surface area contributed by atoms with Crippen molar-refractivity contribution in [2.45, 2.75) is 0 Å². The molecule has 0 spiro atoms. The van der Waals surface area contributed by atoms with Gasteiger partial charge in [0.25, 0.3) is 0 Å². The predicted molar refractivity (Wildman–Crippen MR) is 322 cm³/mol. The van der Waals surface area contributed by atoms with Crippen molar-refractivity contribution in [1.82, 2.24) is 34.5 Å². The first-order valence-corrected chi connectivity index (χ1v) is 26.4. The maximum Gasteiger partial charge on any atom is 0.164 e. The lowest BCUT2D eigenvalue weighted by atomic mass is 9.91. The van der Waals surface area contributed by atoms with Crippen molar-refractivity contribution in [3.05, 3.63) is 285 Å². The Morgan fingerprint density at radius 1 is 0.190 bits per heavy atom. The fourth-order valence-electron chi connectivity index (χ4n) is 10.8. The van der Waals surface area contributed by atoms with Crippen LogP contribution in [0, 0.1) is 0 Å². The zero-order valence-corrected chi connectivity index (χ0v) is 42.8. The third-order valence-electron chi connectivity index (χ3n) is 14.5. The molecule has 0 fully saturated rings. The summed E-state index contributed by atoms with van der Waals surface area (Å²) in [6.45, 7) is 0. The highest BCUT2D eigenvalue weighted by Crippen LogP contribution is 2.48. The van der Waals surface area contributed by atoms with Gasteiger partial charge in [0.1, 0.15) is 0 Å². The number of benzene rings is 11. The molecule has 0 unspecified atom stereocenters. The number of hydrogen-bond donors (Lipinski definition) is 0. The van der Waals surface area contributed by atoms with Crippen molar-refractivity contribution < 1.29 is 0 Å². The molecule has 0 radical (unpaired) electrons. The summed E-state index contributed by atoms with van der Waals surface area (Å²) in [4.78, 5) is 31.4. The molecule has 79 heavy (non-hydrogen) atoms. The van der Waals surface area contributed by atoms with Crippen LogP contribution < -0.4 is 0 Å². The fourth-order valence-corrected chi connectivity index (χ4v) is 10.8. The second-order valence-electron chi connectivity index (χ2n) is 19.4. The van der Waals surface area contributed by atoms with Gasteiger partial charge in [0.2, 0.25) is 0 Å². The Morgan fingerprint density at radius 2 is 0.443 bits per heavy atom. The molecule has 0 aliphatic rings. The molecule has 14 rings (SSSR count). The number of fused-ring (bicyclic) bond motifs is 3. The second-order valence-corrected chi connectivity index (χ2v) is 19.4. The Labute approximate surface area is 457 Å². The van der Waals surface area contributed by atoms with Gasteiger partial charge in [0.05, 0.1) is 11.0 Å². The van der Waals surface area contributed by atoms with Gasteiger partial charge in [-0.3, -0.25) is 0 Å². The van der Waals surface area contributed by atoms with Gasteiger partial charge in [0, 0.05) is 61.0 Å². The maximum absolute atomic E-state index is 5.31. The van der Waals surface area contributed by atoms with Crippen molar-refractivity contribution in [1.29, 1.82) is 0 Å². The minimum atomic E-state index is 0.576. The third kappa shape index (κ3) is 8.91. The largest absolute Gasteiger partial charge is 0.308 e. The van der Waals surface area contributed by atoms with Crippen LogP contribution in [0.2, 0.25) is 0 Å². The van der Waals surface area contributed by atoms with Crippen LogP contribution >= 0.6 is 0 Å². The van der Waals surface area contributed by atoms with Crippen molar-refractivity contribution in [2.75, 3.05) is 0 Å². The van der Waals surface area contributed by atoms with Crippen LogP contribution in [0.25, 0.3) is 140 Å². The molecule has 7 nitrogen and oxygen atoms in total. The van der Waals surface area contributed by atoms with E-state index >= 15 is 0 Å². The Morgan fingerprint density at radius 3 is 0.759 bits per heavy atom. The molecule has 11 aromatic carbocycles. The molecule has 3 heterocycles. The Hall–Kier alpha value is -10.8. The van der Waals surface area contributed by atoms with Crippen LogP contribution in [0.5, 0.6) is 0 Å². The summed E-state index contributed by atoms with van der Waals surface area (Å²) in [5.74, 6) is 3.55. The highest BCUT2D eigenvalue weighted by molar-refractivity contribution is 6.20. The van der Waals surface area contributed by atoms with Gasteiger partial charge >= 0.3 is 0 Å². The van der Waals surface area contributed by atoms with Crippen molar-refractivity contribution in [3.63, 3.8) is 0 Å². The minimum absolute atomic E-state index is 0.576. The van der Waals surface area contributed by atoms with Gasteiger partial charge < -0.3 is 4.57 Å². The van der Waals surface area contributed by atoms with Crippen molar-refractivity contribution in [2.24, 2.45) is 0 Å². The Kier molecular flexibility index (Phi) is 12.1. The molecule has 0 saturated carbocycles. The number of aromatic nitrogens is 7. The van der Waals surface area contributed by atoms with E-state index in [0.29, 0.717) is 34.9 Å². The first-order valence-electron chi connectivity index (χ1n) is 26.4. The van der Waals surface area contributed by atoms with E-state index < -0.39 is 0 Å². The van der Waals surface area contributed by atoms with E-state index in [1.807, 2.05) is 72.8 Å². The zero-order valence-electron chi connectivity index (χ0n) is 42.8. The smallest absolute Gasteiger partial charge is 0.164 e. The topological polar surface area (TPSA) is 82.3 Å². The lowest BCUT2D eigenvalue weighted by Gasteiger charge is -2.18. The van der Waals surface area contributed by atoms with Crippen LogP contribution in [-0.4, -0.2) is 34.5 Å². The van der Waals surface area contributed by atoms with Gasteiger partial charge in [-0.25, -0.2) is 29.9 Å². The first-order chi connectivity index (χ1) is 39.2. The predicted octanol–water partition coefficient (Wildman–Crippen LogP) is 17.8. The van der Waals surface area contributed by atoms with Crippen LogP contribution in [0.1, 0.15) is 0 Å². The molecular weight excluding hydrogens is 963 g/mol. The van der Waals surface area contributed by atoms with Gasteiger partial charge in [0.15, 0.2) is 34.9 Å². The highest BCUT2D eigenvalue weighted by Gasteiger charge is 2.26. The number of para-hydroxylation sites is 1. The minimum Gasteiger partial charge on any atom is -0.308 e. The average Bonchev–Trinajstić information content (AvgIpc) is 4.15. The molecule has 0 aliphatic heterocycles. The van der Waals surface area contributed by atoms with E-state index in [4.69, 9.17) is 29.9 Å². The summed E-state index contributed by atoms with van der Waals surface area (Å²) in [5.41, 5.74) is 16.8. The van der Waals surface area contributed by atoms with Gasteiger partial charge in [-0.1, -0.05) is 249 Å². The molecule has 14 aromatic rings. The third-order valence-corrected chi connectivity index (χ3v) is 14.5. The number of rotatable bonds is 11. The summed E-state index contributed by atoms with van der Waals surface area (Å²) < 4.78 is 2.46. The van der Waals surface area contributed by atoms with Gasteiger partial charge in [-0.15, -0.1) is 0 Å². The van der Waals surface area contributed by atoms with E-state index in [1.165, 1.54) is 0 Å². The summed E-state index contributed by atoms with van der Waals surface area (Å²) >= 11 is 0. The molecular formula is C72H47N7. The van der Waals surface area contributed by atoms with Crippen LogP contribution in [0.3, 0.4) is 0 Å². The number of hydrogen-bond acceptors (Lipinski definition) is 6. The fraction of sp³-hybridized carbons (Fsp3) is 0. The van der Waals surface area contributed by atoms with Crippen LogP contribution in [0.15, 0.2) is 285 Å². The molecule has 3 aromatic heterocycles. The highest BCUT2D eigenvalue weighted by atomic mass is 15.0. The summed E-state index contributed by atoms with van der Waals surface area (Å²) in [5, 5.41) is 2.18. The van der Waals surface area contributed by atoms with E-state index in [-0.39, 0.29) is 0 Å². The molecule has 0 atom stereocenters. The molecule has 0 saturated heterocycles. The molecule has 370 valence electrons. The standard InChI is InChI=1S/C72H47N7/c1-8-26-48(27-9-1)54-44-61(57-40-22-24-42-59(57)71-75-67(50-30-12-3-13-31-50)73-68(76-71)51-32-14-4-15-33-51)65-63(46-54)64-47-55(49-28-10-2-11-29-49)45-62(66(64)79(65)56-38-20-7-21-39-56)58-41-23-25-43-60(58)72-77-69(52-34-16-5-17-35-52)74-70(78-72)53-36-18-6-19-37-53/h1-47H. The lowest BCUT2D eigenvalue weighted by Crippen LogP contribution is -2.02. The lowest BCUT2D eigenvalue weighted by molar-refractivity contribution is 1.07. The Bertz CT molecular complexity index is 4110. The van der Waals surface area contributed by atoms with Gasteiger partial charge in [-0.05, 0) is 69.8 Å². The monoisotopic (exact) mass is 1010 g/mol. The van der Waals surface area contributed by atoms with Crippen LogP contribution in [-0.2, 0) is 0 Å². The van der Waals surface area contributed by atoms with Crippen molar-refractivity contribution in [3.8, 4) is 119 Å². The normalized spacial score (nSPS) is 11.3. The summed E-state index contributed by atoms with van der Waals surface area (Å²) in [6, 6.07) is 99.2. The Balaban J connectivity index is 1.10. The average molecular weight is 1010 g/mol. The van der Waals surface area contributed by atoms with Crippen molar-refractivity contribution >= 4 is 21.8 Å². The maximum atomic E-state index is 5.31. The molecule has 7 heteroatoms. The quantitative estimate of drug-likeness (QED) is 0.128. The van der Waals surface area contributed by atoms with Gasteiger partial charge in [-0.2, -0.15) is 0 Å². The van der Waals surface area contributed by atoms with E-state index in [0.717, 1.165) is 105 Å². The molecule has 0 N–H and O–H groups in total. The van der Waals surface area contributed by atoms with Crippen LogP contribution in [0.4, 0.5) is 0 Å². The molecule has 0 amide bonds. The molecule has 0 aliphatic carbocycles. The SMILES string of the molecule is c1ccc(-c2cc(-c3ccccc3-c3nc(-c4ccccc4)nc(-c4ccccc4)n3)c3c(c2)c2cc(-c4ccccc4)cc(-c4ccccc4-c4nc(-c5ccccc5)nc(-c5ccccc5)n4)c2n3-c2ccccc2)cc1. The van der Waals surface area contributed by atoms with E-state index in [2.05, 4.69) is 217 Å².